The summed E-state index contributed by atoms with van der Waals surface area (Å²) in [5.74, 6) is -2.20. The van der Waals surface area contributed by atoms with Gasteiger partial charge >= 0.3 is 6.18 Å². The zero-order chi connectivity index (χ0) is 24.8. The zero-order valence-corrected chi connectivity index (χ0v) is 19.7. The van der Waals surface area contributed by atoms with Crippen molar-refractivity contribution in [3.05, 3.63) is 41.7 Å². The van der Waals surface area contributed by atoms with Gasteiger partial charge in [0.15, 0.2) is 5.75 Å². The maximum atomic E-state index is 13.4. The molecule has 1 aliphatic rings. The lowest BCUT2D eigenvalue weighted by molar-refractivity contribution is -0.106. The molecule has 190 valence electrons. The topological polar surface area (TPSA) is 82.4 Å². The highest BCUT2D eigenvalue weighted by Gasteiger charge is 2.35. The Kier molecular flexibility index (Phi) is 8.80. The first-order chi connectivity index (χ1) is 16.0. The van der Waals surface area contributed by atoms with Crippen LogP contribution in [-0.2, 0) is 27.6 Å². The summed E-state index contributed by atoms with van der Waals surface area (Å²) in [6.45, 7) is 2.59. The Balaban J connectivity index is 1.56. The highest BCUT2D eigenvalue weighted by atomic mass is 32.2. The van der Waals surface area contributed by atoms with E-state index in [1.807, 2.05) is 15.6 Å². The van der Waals surface area contributed by atoms with Crippen molar-refractivity contribution < 1.29 is 35.5 Å². The van der Waals surface area contributed by atoms with Gasteiger partial charge in [0.2, 0.25) is 16.4 Å². The summed E-state index contributed by atoms with van der Waals surface area (Å²) in [6, 6.07) is 4.69. The molecule has 0 spiro atoms. The first-order valence-corrected chi connectivity index (χ1v) is 12.8. The Morgan fingerprint density at radius 1 is 1.21 bits per heavy atom. The second-order valence-electron chi connectivity index (χ2n) is 8.35. The van der Waals surface area contributed by atoms with Gasteiger partial charge in [0.1, 0.15) is 5.75 Å². The molecule has 1 N–H and O–H groups in total. The van der Waals surface area contributed by atoms with Crippen molar-refractivity contribution in [2.75, 3.05) is 23.7 Å². The van der Waals surface area contributed by atoms with Crippen molar-refractivity contribution in [3.8, 4) is 5.75 Å². The number of benzene rings is 1. The van der Waals surface area contributed by atoms with Gasteiger partial charge in [-0.25, -0.2) is 12.8 Å². The second kappa shape index (κ2) is 11.4. The number of ether oxygens (including phenoxy) is 2. The quantitative estimate of drug-likeness (QED) is 0.349. The number of sulfonamides is 1. The Labute approximate surface area is 196 Å². The number of anilines is 1. The first kappa shape index (κ1) is 26.3. The molecule has 34 heavy (non-hydrogen) atoms. The average molecular weight is 508 g/mol. The normalized spacial score (nSPS) is 16.4. The molecule has 2 aromatic rings. The van der Waals surface area contributed by atoms with E-state index in [0.29, 0.717) is 12.5 Å². The van der Waals surface area contributed by atoms with Gasteiger partial charge in [0.05, 0.1) is 17.9 Å². The van der Waals surface area contributed by atoms with Crippen molar-refractivity contribution in [2.45, 2.75) is 64.0 Å². The fraction of sp³-hybridized carbons (Fsp3) is 0.591. The summed E-state index contributed by atoms with van der Waals surface area (Å²) in [7, 11) is -4.71. The summed E-state index contributed by atoms with van der Waals surface area (Å²) >= 11 is 0. The summed E-state index contributed by atoms with van der Waals surface area (Å²) in [5.41, 5.74) is 1.65. The molecule has 0 amide bonds. The maximum Gasteiger partial charge on any atom is 0.404 e. The lowest BCUT2D eigenvalue weighted by atomic mass is 10.0. The second-order valence-corrected chi connectivity index (χ2v) is 10.1. The van der Waals surface area contributed by atoms with Crippen LogP contribution in [0.4, 0.5) is 23.2 Å². The molecule has 3 rings (SSSR count). The summed E-state index contributed by atoms with van der Waals surface area (Å²) in [4.78, 5) is 0. The zero-order valence-electron chi connectivity index (χ0n) is 18.9. The van der Waals surface area contributed by atoms with E-state index >= 15 is 0 Å². The number of hydrogen-bond acceptors (Lipinski definition) is 5. The van der Waals surface area contributed by atoms with Crippen LogP contribution in [0.1, 0.15) is 49.8 Å². The molecule has 0 radical (unpaired) electrons. The largest absolute Gasteiger partial charge is 0.459 e. The van der Waals surface area contributed by atoms with Crippen LogP contribution in [0.15, 0.2) is 30.6 Å². The molecule has 1 saturated heterocycles. The van der Waals surface area contributed by atoms with Crippen LogP contribution in [0.2, 0.25) is 0 Å². The van der Waals surface area contributed by atoms with Crippen LogP contribution in [0.5, 0.6) is 5.75 Å². The van der Waals surface area contributed by atoms with Gasteiger partial charge in [-0.15, -0.1) is 0 Å². The van der Waals surface area contributed by atoms with Crippen molar-refractivity contribution in [2.24, 2.45) is 0 Å². The van der Waals surface area contributed by atoms with Crippen LogP contribution in [0, 0.1) is 0 Å². The standard InChI is InChI=1S/C22H29F4N3O4S/c1-16(23)33-21-12-17(6-7-20(21)28-34(30,31)15-22(24,25)26)4-2-3-5-18-13-27-29(14-18)19-8-10-32-11-9-19/h6-7,12-14,16,19,28H,2-5,8-11,15H2,1H3. The number of alkyl halides is 4. The number of aryl methyl sites for hydroxylation is 2. The monoisotopic (exact) mass is 507 g/mol. The van der Waals surface area contributed by atoms with Gasteiger partial charge in [0, 0.05) is 26.3 Å². The molecule has 0 bridgehead atoms. The summed E-state index contributed by atoms with van der Waals surface area (Å²) < 4.78 is 88.7. The van der Waals surface area contributed by atoms with Crippen LogP contribution in [0.3, 0.4) is 0 Å². The Bertz CT molecular complexity index is 1040. The van der Waals surface area contributed by atoms with Crippen LogP contribution in [-0.4, -0.2) is 49.7 Å². The maximum absolute atomic E-state index is 13.4. The van der Waals surface area contributed by atoms with Crippen molar-refractivity contribution in [1.29, 1.82) is 0 Å². The van der Waals surface area contributed by atoms with E-state index in [9.17, 15) is 26.0 Å². The number of unbranched alkanes of at least 4 members (excludes halogenated alkanes) is 1. The smallest absolute Gasteiger partial charge is 0.404 e. The lowest BCUT2D eigenvalue weighted by Crippen LogP contribution is -2.28. The molecule has 1 unspecified atom stereocenters. The number of halogens is 4. The SMILES string of the molecule is CC(F)Oc1cc(CCCCc2cnn(C3CCOCC3)c2)ccc1NS(=O)(=O)CC(F)(F)F. The third-order valence-electron chi connectivity index (χ3n) is 5.36. The van der Waals surface area contributed by atoms with Gasteiger partial charge in [-0.05, 0) is 61.8 Å². The minimum Gasteiger partial charge on any atom is -0.459 e. The summed E-state index contributed by atoms with van der Waals surface area (Å²) in [5, 5.41) is 4.46. The van der Waals surface area contributed by atoms with Gasteiger partial charge in [0.25, 0.3) is 0 Å². The molecule has 2 heterocycles. The number of rotatable bonds is 11. The molecular weight excluding hydrogens is 478 g/mol. The Morgan fingerprint density at radius 2 is 1.88 bits per heavy atom. The molecule has 0 aliphatic carbocycles. The number of nitrogens with zero attached hydrogens (tertiary/aromatic N) is 2. The number of hydrogen-bond donors (Lipinski definition) is 1. The van der Waals surface area contributed by atoms with Crippen LogP contribution >= 0.6 is 0 Å². The van der Waals surface area contributed by atoms with Gasteiger partial charge in [-0.2, -0.15) is 18.3 Å². The fourth-order valence-electron chi connectivity index (χ4n) is 3.81. The van der Waals surface area contributed by atoms with Crippen LogP contribution in [0.25, 0.3) is 0 Å². The van der Waals surface area contributed by atoms with Crippen molar-refractivity contribution >= 4 is 15.7 Å². The summed E-state index contributed by atoms with van der Waals surface area (Å²) in [6.07, 6.45) is 2.27. The Morgan fingerprint density at radius 3 is 2.53 bits per heavy atom. The minimum absolute atomic E-state index is 0.156. The molecule has 12 heteroatoms. The first-order valence-electron chi connectivity index (χ1n) is 11.1. The van der Waals surface area contributed by atoms with E-state index in [-0.39, 0.29) is 11.4 Å². The third kappa shape index (κ3) is 8.46. The van der Waals surface area contributed by atoms with E-state index in [2.05, 4.69) is 11.3 Å². The van der Waals surface area contributed by atoms with Crippen molar-refractivity contribution in [1.82, 2.24) is 9.78 Å². The minimum atomic E-state index is -4.90. The van der Waals surface area contributed by atoms with Gasteiger partial charge < -0.3 is 9.47 Å². The highest BCUT2D eigenvalue weighted by Crippen LogP contribution is 2.30. The lowest BCUT2D eigenvalue weighted by Gasteiger charge is -2.22. The molecule has 0 saturated carbocycles. The molecule has 1 aromatic carbocycles. The number of aromatic nitrogens is 2. The third-order valence-corrected chi connectivity index (χ3v) is 6.59. The molecular formula is C22H29F4N3O4S. The van der Waals surface area contributed by atoms with E-state index in [0.717, 1.165) is 63.4 Å². The highest BCUT2D eigenvalue weighted by molar-refractivity contribution is 7.92. The van der Waals surface area contributed by atoms with E-state index in [1.165, 1.54) is 12.1 Å². The predicted molar refractivity (Wildman–Crippen MR) is 119 cm³/mol. The van der Waals surface area contributed by atoms with Gasteiger partial charge in [-0.1, -0.05) is 6.07 Å². The van der Waals surface area contributed by atoms with Crippen molar-refractivity contribution in [3.63, 3.8) is 0 Å². The number of nitrogens with one attached hydrogen (secondary N) is 1. The Hall–Kier alpha value is -2.34. The molecule has 1 aliphatic heterocycles. The average Bonchev–Trinajstić information content (AvgIpc) is 3.20. The molecule has 1 atom stereocenters. The molecule has 7 nitrogen and oxygen atoms in total. The van der Waals surface area contributed by atoms with E-state index in [1.54, 1.807) is 6.07 Å². The van der Waals surface area contributed by atoms with Gasteiger partial charge in [-0.3, -0.25) is 9.40 Å². The van der Waals surface area contributed by atoms with E-state index < -0.39 is 28.3 Å². The molecule has 1 fully saturated rings. The van der Waals surface area contributed by atoms with E-state index in [4.69, 9.17) is 9.47 Å². The predicted octanol–water partition coefficient (Wildman–Crippen LogP) is 4.80. The van der Waals surface area contributed by atoms with Crippen LogP contribution < -0.4 is 9.46 Å². The molecule has 1 aromatic heterocycles. The fourth-order valence-corrected chi connectivity index (χ4v) is 4.82.